The number of fused-ring (bicyclic) bond motifs is 3. The second kappa shape index (κ2) is 7.09. The molecular formula is C23H22N4O3. The van der Waals surface area contributed by atoms with Crippen molar-refractivity contribution in [2.75, 3.05) is 7.11 Å². The molecule has 3 aromatic heterocycles. The lowest BCUT2D eigenvalue weighted by atomic mass is 9.87. The number of hydrogen-bond donors (Lipinski definition) is 0. The molecule has 0 saturated carbocycles. The fourth-order valence-electron chi connectivity index (χ4n) is 4.15. The molecule has 5 rings (SSSR count). The lowest BCUT2D eigenvalue weighted by Crippen LogP contribution is -2.24. The van der Waals surface area contributed by atoms with Gasteiger partial charge < -0.3 is 9.15 Å². The number of Topliss-reactive ketones (excluding diaryl/α,β-unsaturated/α-hetero) is 1. The molecule has 152 valence electrons. The van der Waals surface area contributed by atoms with E-state index in [0.29, 0.717) is 24.2 Å². The van der Waals surface area contributed by atoms with Crippen LogP contribution in [0, 0.1) is 0 Å². The van der Waals surface area contributed by atoms with Crippen molar-refractivity contribution in [1.82, 2.24) is 19.8 Å². The van der Waals surface area contributed by atoms with Crippen LogP contribution in [0.25, 0.3) is 16.8 Å². The molecule has 1 aliphatic carbocycles. The molecule has 0 N–H and O–H groups in total. The van der Waals surface area contributed by atoms with Crippen molar-refractivity contribution in [2.24, 2.45) is 0 Å². The zero-order valence-electron chi connectivity index (χ0n) is 17.1. The Labute approximate surface area is 173 Å². The van der Waals surface area contributed by atoms with Crippen LogP contribution in [0.15, 0.2) is 47.1 Å². The third-order valence-corrected chi connectivity index (χ3v) is 5.67. The van der Waals surface area contributed by atoms with E-state index >= 15 is 0 Å². The van der Waals surface area contributed by atoms with Gasteiger partial charge in [0, 0.05) is 18.8 Å². The maximum Gasteiger partial charge on any atom is 0.185 e. The van der Waals surface area contributed by atoms with E-state index in [9.17, 15) is 4.79 Å². The molecule has 1 aromatic carbocycles. The normalized spacial score (nSPS) is 16.3. The minimum absolute atomic E-state index is 0.0245. The highest BCUT2D eigenvalue weighted by Gasteiger charge is 2.33. The Bertz CT molecular complexity index is 1220. The number of ketones is 1. The van der Waals surface area contributed by atoms with Crippen LogP contribution in [-0.2, 0) is 6.42 Å². The minimum Gasteiger partial charge on any atom is -0.497 e. The highest BCUT2D eigenvalue weighted by atomic mass is 16.5. The van der Waals surface area contributed by atoms with Crippen LogP contribution in [0.2, 0.25) is 0 Å². The highest BCUT2D eigenvalue weighted by Crippen LogP contribution is 2.36. The van der Waals surface area contributed by atoms with Crippen molar-refractivity contribution in [3.63, 3.8) is 0 Å². The molecule has 0 bridgehead atoms. The van der Waals surface area contributed by atoms with E-state index in [1.165, 1.54) is 0 Å². The molecule has 3 heterocycles. The molecule has 30 heavy (non-hydrogen) atoms. The van der Waals surface area contributed by atoms with Gasteiger partial charge in [0.05, 0.1) is 30.3 Å². The first-order chi connectivity index (χ1) is 14.6. The van der Waals surface area contributed by atoms with E-state index in [4.69, 9.17) is 14.3 Å². The Kier molecular flexibility index (Phi) is 4.38. The smallest absolute Gasteiger partial charge is 0.185 e. The molecular weight excluding hydrogens is 380 g/mol. The first-order valence-electron chi connectivity index (χ1n) is 10.1. The van der Waals surface area contributed by atoms with Gasteiger partial charge in [-0.2, -0.15) is 5.10 Å². The zero-order valence-corrected chi connectivity index (χ0v) is 17.1. The van der Waals surface area contributed by atoms with Crippen LogP contribution in [0.1, 0.15) is 59.7 Å². The molecule has 1 aliphatic rings. The van der Waals surface area contributed by atoms with E-state index in [2.05, 4.69) is 24.0 Å². The molecule has 0 amide bonds. The number of carbonyl (C=O) groups excluding carboxylic acids is 1. The van der Waals surface area contributed by atoms with Crippen LogP contribution in [-0.4, -0.2) is 32.7 Å². The Morgan fingerprint density at radius 3 is 2.60 bits per heavy atom. The van der Waals surface area contributed by atoms with E-state index in [-0.39, 0.29) is 17.6 Å². The third kappa shape index (κ3) is 2.89. The summed E-state index contributed by atoms with van der Waals surface area (Å²) in [6, 6.07) is 11.6. The Morgan fingerprint density at radius 2 is 1.93 bits per heavy atom. The van der Waals surface area contributed by atoms with Crippen molar-refractivity contribution in [1.29, 1.82) is 0 Å². The summed E-state index contributed by atoms with van der Waals surface area (Å²) in [7, 11) is 1.65. The van der Waals surface area contributed by atoms with Gasteiger partial charge in [-0.25, -0.2) is 4.52 Å². The summed E-state index contributed by atoms with van der Waals surface area (Å²) in [6.45, 7) is 4.21. The van der Waals surface area contributed by atoms with Gasteiger partial charge >= 0.3 is 0 Å². The first-order valence-corrected chi connectivity index (χ1v) is 10.1. The minimum atomic E-state index is -0.0281. The Balaban J connectivity index is 1.70. The predicted octanol–water partition coefficient (Wildman–Crippen LogP) is 4.43. The van der Waals surface area contributed by atoms with E-state index < -0.39 is 0 Å². The van der Waals surface area contributed by atoms with Crippen molar-refractivity contribution in [3.05, 3.63) is 65.5 Å². The molecule has 1 atom stereocenters. The number of hydrogen-bond acceptors (Lipinski definition) is 6. The molecule has 0 radical (unpaired) electrons. The lowest BCUT2D eigenvalue weighted by molar-refractivity contribution is 0.0951. The maximum absolute atomic E-state index is 12.8. The number of aromatic nitrogens is 4. The van der Waals surface area contributed by atoms with Gasteiger partial charge in [-0.05, 0) is 35.7 Å². The number of benzene rings is 1. The number of ether oxygens (including phenoxy) is 1. The van der Waals surface area contributed by atoms with E-state index in [1.807, 2.05) is 40.9 Å². The number of methoxy groups -OCH3 is 1. The summed E-state index contributed by atoms with van der Waals surface area (Å²) >= 11 is 0. The fourth-order valence-corrected chi connectivity index (χ4v) is 4.15. The Morgan fingerprint density at radius 1 is 1.13 bits per heavy atom. The zero-order chi connectivity index (χ0) is 20.8. The molecule has 0 unspecified atom stereocenters. The molecule has 4 aromatic rings. The summed E-state index contributed by atoms with van der Waals surface area (Å²) in [5.74, 6) is 1.73. The second-order valence-corrected chi connectivity index (χ2v) is 7.92. The average molecular weight is 402 g/mol. The second-order valence-electron chi connectivity index (χ2n) is 7.92. The first kappa shape index (κ1) is 18.5. The molecule has 7 nitrogen and oxygen atoms in total. The van der Waals surface area contributed by atoms with Crippen LogP contribution in [0.3, 0.4) is 0 Å². The van der Waals surface area contributed by atoms with Crippen LogP contribution in [0.4, 0.5) is 0 Å². The summed E-state index contributed by atoms with van der Waals surface area (Å²) < 4.78 is 12.7. The van der Waals surface area contributed by atoms with Crippen molar-refractivity contribution >= 4 is 11.4 Å². The van der Waals surface area contributed by atoms with Crippen molar-refractivity contribution in [3.8, 4) is 16.9 Å². The predicted molar refractivity (Wildman–Crippen MR) is 111 cm³/mol. The van der Waals surface area contributed by atoms with Gasteiger partial charge in [0.2, 0.25) is 0 Å². The van der Waals surface area contributed by atoms with Gasteiger partial charge in [0.15, 0.2) is 17.1 Å². The average Bonchev–Trinajstić information content (AvgIpc) is 3.42. The quantitative estimate of drug-likeness (QED) is 0.502. The van der Waals surface area contributed by atoms with Gasteiger partial charge in [-0.15, -0.1) is 10.2 Å². The highest BCUT2D eigenvalue weighted by molar-refractivity contribution is 5.97. The number of rotatable bonds is 4. The summed E-state index contributed by atoms with van der Waals surface area (Å²) in [5, 5.41) is 13.6. The Hall–Kier alpha value is -3.48. The summed E-state index contributed by atoms with van der Waals surface area (Å²) in [4.78, 5) is 12.8. The molecule has 0 saturated heterocycles. The molecule has 0 spiro atoms. The van der Waals surface area contributed by atoms with Gasteiger partial charge in [-0.1, -0.05) is 26.0 Å². The van der Waals surface area contributed by atoms with Gasteiger partial charge in [-0.3, -0.25) is 4.79 Å². The van der Waals surface area contributed by atoms with Crippen LogP contribution in [0.5, 0.6) is 5.75 Å². The largest absolute Gasteiger partial charge is 0.497 e. The number of furan rings is 1. The van der Waals surface area contributed by atoms with Crippen LogP contribution < -0.4 is 4.74 Å². The fraction of sp³-hybridized carbons (Fsp3) is 0.304. The van der Waals surface area contributed by atoms with Crippen molar-refractivity contribution < 1.29 is 13.9 Å². The topological polar surface area (TPSA) is 82.5 Å². The number of carbonyl (C=O) groups is 1. The lowest BCUT2D eigenvalue weighted by Gasteiger charge is -2.21. The standard InChI is InChI=1S/C23H22N4O3/c1-13(2)21-20(14-6-8-16(29-3)9-7-14)23-25-24-22-17(27(23)26-21)11-15(12-18(22)28)19-5-4-10-30-19/h4-10,13,15H,11-12H2,1-3H3/t15-/m1/s1. The van der Waals surface area contributed by atoms with E-state index in [0.717, 1.165) is 34.0 Å². The van der Waals surface area contributed by atoms with Gasteiger partial charge in [0.1, 0.15) is 11.5 Å². The SMILES string of the molecule is COc1ccc(-c2c(C(C)C)nn3c4c(nnc23)C(=O)C[C@H](c2ccco2)C4)cc1. The monoisotopic (exact) mass is 402 g/mol. The summed E-state index contributed by atoms with van der Waals surface area (Å²) in [6.07, 6.45) is 2.63. The van der Waals surface area contributed by atoms with Crippen molar-refractivity contribution in [2.45, 2.75) is 38.5 Å². The van der Waals surface area contributed by atoms with E-state index in [1.54, 1.807) is 13.4 Å². The van der Waals surface area contributed by atoms with Crippen LogP contribution >= 0.6 is 0 Å². The summed E-state index contributed by atoms with van der Waals surface area (Å²) in [5.41, 5.74) is 4.72. The molecule has 7 heteroatoms. The van der Waals surface area contributed by atoms with Gasteiger partial charge in [0.25, 0.3) is 0 Å². The molecule has 0 aliphatic heterocycles. The maximum atomic E-state index is 12.8. The number of nitrogens with zero attached hydrogens (tertiary/aromatic N) is 4. The molecule has 0 fully saturated rings. The third-order valence-electron chi connectivity index (χ3n) is 5.67.